The van der Waals surface area contributed by atoms with Crippen LogP contribution in [0, 0.1) is 13.8 Å². The van der Waals surface area contributed by atoms with E-state index in [0.29, 0.717) is 12.3 Å². The molecule has 0 radical (unpaired) electrons. The number of carbonyl (C=O) groups excluding carboxylic acids is 3. The summed E-state index contributed by atoms with van der Waals surface area (Å²) in [5.74, 6) is 0.196. The summed E-state index contributed by atoms with van der Waals surface area (Å²) in [4.78, 5) is 37.5. The average Bonchev–Trinajstić information content (AvgIpc) is 2.72. The van der Waals surface area contributed by atoms with Crippen LogP contribution in [-0.2, 0) is 9.59 Å². The number of rotatable bonds is 6. The van der Waals surface area contributed by atoms with Gasteiger partial charge in [0, 0.05) is 18.0 Å². The van der Waals surface area contributed by atoms with Crippen molar-refractivity contribution in [1.82, 2.24) is 10.2 Å². The Bertz CT molecular complexity index is 683. The Morgan fingerprint density at radius 2 is 1.88 bits per heavy atom. The highest BCUT2D eigenvalue weighted by Gasteiger charge is 2.43. The average molecular weight is 363 g/mol. The second-order valence-electron chi connectivity index (χ2n) is 6.78. The molecule has 25 heavy (non-hydrogen) atoms. The Labute approximate surface area is 152 Å². The zero-order valence-electron chi connectivity index (χ0n) is 15.3. The van der Waals surface area contributed by atoms with Crippen LogP contribution in [0.1, 0.15) is 31.9 Å². The van der Waals surface area contributed by atoms with Crippen LogP contribution in [0.3, 0.4) is 0 Å². The summed E-state index contributed by atoms with van der Waals surface area (Å²) in [6, 6.07) is 5.50. The number of hydrogen-bond donors (Lipinski definition) is 2. The molecule has 0 spiro atoms. The Morgan fingerprint density at radius 1 is 1.28 bits per heavy atom. The number of hydrogen-bond acceptors (Lipinski definition) is 4. The quantitative estimate of drug-likeness (QED) is 0.762. The summed E-state index contributed by atoms with van der Waals surface area (Å²) in [6.07, 6.45) is 0. The predicted octanol–water partition coefficient (Wildman–Crippen LogP) is 2.69. The van der Waals surface area contributed by atoms with Gasteiger partial charge >= 0.3 is 6.03 Å². The van der Waals surface area contributed by atoms with Gasteiger partial charge in [0.1, 0.15) is 5.54 Å². The zero-order valence-corrected chi connectivity index (χ0v) is 16.1. The van der Waals surface area contributed by atoms with Gasteiger partial charge < -0.3 is 10.6 Å². The molecule has 0 bridgehead atoms. The number of nitrogens with zero attached hydrogens (tertiary/aromatic N) is 1. The van der Waals surface area contributed by atoms with Gasteiger partial charge in [0.2, 0.25) is 5.91 Å². The maximum atomic E-state index is 12.4. The molecule has 1 atom stereocenters. The van der Waals surface area contributed by atoms with Gasteiger partial charge in [0.05, 0.1) is 5.25 Å². The number of urea groups is 1. The summed E-state index contributed by atoms with van der Waals surface area (Å²) in [6.45, 7) is 9.39. The van der Waals surface area contributed by atoms with Crippen LogP contribution in [0.5, 0.6) is 0 Å². The van der Waals surface area contributed by atoms with Crippen molar-refractivity contribution < 1.29 is 14.4 Å². The summed E-state index contributed by atoms with van der Waals surface area (Å²) in [5.41, 5.74) is 2.03. The molecule has 1 aliphatic heterocycles. The van der Waals surface area contributed by atoms with Gasteiger partial charge in [-0.1, -0.05) is 18.2 Å². The first kappa shape index (κ1) is 19.3. The molecular formula is C18H25N3O3S. The third kappa shape index (κ3) is 4.34. The van der Waals surface area contributed by atoms with Gasteiger partial charge in [0.25, 0.3) is 5.91 Å². The van der Waals surface area contributed by atoms with E-state index in [0.717, 1.165) is 16.8 Å². The lowest BCUT2D eigenvalue weighted by molar-refractivity contribution is -0.130. The summed E-state index contributed by atoms with van der Waals surface area (Å²) in [5, 5.41) is 5.33. The van der Waals surface area contributed by atoms with Crippen molar-refractivity contribution in [3.63, 3.8) is 0 Å². The Kier molecular flexibility index (Phi) is 5.77. The van der Waals surface area contributed by atoms with Crippen LogP contribution in [0.4, 0.5) is 10.5 Å². The van der Waals surface area contributed by atoms with E-state index in [1.165, 1.54) is 16.7 Å². The van der Waals surface area contributed by atoms with Crippen LogP contribution >= 0.6 is 11.8 Å². The molecule has 2 rings (SSSR count). The number of amides is 4. The first-order valence-electron chi connectivity index (χ1n) is 8.26. The van der Waals surface area contributed by atoms with E-state index in [-0.39, 0.29) is 23.1 Å². The molecule has 6 nitrogen and oxygen atoms in total. The largest absolute Gasteiger partial charge is 0.325 e. The van der Waals surface area contributed by atoms with Crippen molar-refractivity contribution in [3.05, 3.63) is 29.3 Å². The number of thioether (sulfide) groups is 1. The van der Waals surface area contributed by atoms with Crippen LogP contribution in [0.2, 0.25) is 0 Å². The lowest BCUT2D eigenvalue weighted by Gasteiger charge is -2.18. The van der Waals surface area contributed by atoms with Crippen molar-refractivity contribution in [2.45, 2.75) is 45.4 Å². The number of benzene rings is 1. The first-order valence-corrected chi connectivity index (χ1v) is 9.31. The number of anilines is 1. The molecule has 1 saturated heterocycles. The minimum atomic E-state index is -0.854. The van der Waals surface area contributed by atoms with Crippen molar-refractivity contribution in [1.29, 1.82) is 0 Å². The highest BCUT2D eigenvalue weighted by molar-refractivity contribution is 8.00. The molecule has 136 valence electrons. The normalized spacial score (nSPS) is 17.4. The third-order valence-corrected chi connectivity index (χ3v) is 5.36. The molecule has 1 aromatic carbocycles. The lowest BCUT2D eigenvalue weighted by atomic mass is 10.1. The fourth-order valence-electron chi connectivity index (χ4n) is 2.65. The maximum Gasteiger partial charge on any atom is 0.325 e. The van der Waals surface area contributed by atoms with Crippen molar-refractivity contribution in [3.8, 4) is 0 Å². The predicted molar refractivity (Wildman–Crippen MR) is 101 cm³/mol. The Balaban J connectivity index is 1.86. The van der Waals surface area contributed by atoms with Gasteiger partial charge in [0.15, 0.2) is 0 Å². The number of carbonyl (C=O) groups is 3. The van der Waals surface area contributed by atoms with Crippen molar-refractivity contribution >= 4 is 35.3 Å². The fraction of sp³-hybridized carbons (Fsp3) is 0.500. The molecule has 1 aliphatic rings. The standard InChI is InChI=1S/C18H25N3O3S/c1-11-7-6-8-12(2)14(11)19-15(22)13(3)25-10-9-21-16(23)18(4,5)20-17(21)24/h6-8,13H,9-10H2,1-5H3,(H,19,22)(H,20,24). The van der Waals surface area contributed by atoms with Crippen LogP contribution in [0.25, 0.3) is 0 Å². The van der Waals surface area contributed by atoms with Gasteiger partial charge in [-0.15, -0.1) is 11.8 Å². The van der Waals surface area contributed by atoms with Crippen molar-refractivity contribution in [2.75, 3.05) is 17.6 Å². The van der Waals surface area contributed by atoms with E-state index in [2.05, 4.69) is 10.6 Å². The third-order valence-electron chi connectivity index (χ3n) is 4.23. The van der Waals surface area contributed by atoms with Crippen molar-refractivity contribution in [2.24, 2.45) is 0 Å². The zero-order chi connectivity index (χ0) is 18.8. The second kappa shape index (κ2) is 7.47. The fourth-order valence-corrected chi connectivity index (χ4v) is 3.51. The monoisotopic (exact) mass is 363 g/mol. The lowest BCUT2D eigenvalue weighted by Crippen LogP contribution is -2.40. The highest BCUT2D eigenvalue weighted by Crippen LogP contribution is 2.22. The molecule has 0 saturated carbocycles. The van der Waals surface area contributed by atoms with Crippen LogP contribution in [0.15, 0.2) is 18.2 Å². The van der Waals surface area contributed by atoms with E-state index in [1.54, 1.807) is 13.8 Å². The van der Waals surface area contributed by atoms with Gasteiger partial charge in [-0.3, -0.25) is 14.5 Å². The van der Waals surface area contributed by atoms with E-state index in [4.69, 9.17) is 0 Å². The number of nitrogens with one attached hydrogen (secondary N) is 2. The van der Waals surface area contributed by atoms with E-state index in [9.17, 15) is 14.4 Å². The van der Waals surface area contributed by atoms with Gasteiger partial charge in [-0.2, -0.15) is 0 Å². The second-order valence-corrected chi connectivity index (χ2v) is 8.23. The molecule has 2 N–H and O–H groups in total. The van der Waals surface area contributed by atoms with Gasteiger partial charge in [-0.25, -0.2) is 4.79 Å². The molecule has 1 fully saturated rings. The minimum Gasteiger partial charge on any atom is -0.325 e. The first-order chi connectivity index (χ1) is 11.6. The number of imide groups is 1. The van der Waals surface area contributed by atoms with Crippen LogP contribution < -0.4 is 10.6 Å². The summed E-state index contributed by atoms with van der Waals surface area (Å²) >= 11 is 1.42. The van der Waals surface area contributed by atoms with Gasteiger partial charge in [-0.05, 0) is 45.7 Å². The molecule has 7 heteroatoms. The Hall–Kier alpha value is -2.02. The van der Waals surface area contributed by atoms with E-state index in [1.807, 2.05) is 39.0 Å². The molecule has 1 aromatic rings. The molecule has 0 aliphatic carbocycles. The van der Waals surface area contributed by atoms with E-state index >= 15 is 0 Å². The number of aryl methyl sites for hydroxylation is 2. The highest BCUT2D eigenvalue weighted by atomic mass is 32.2. The molecular weight excluding hydrogens is 338 g/mol. The Morgan fingerprint density at radius 3 is 2.40 bits per heavy atom. The topological polar surface area (TPSA) is 78.5 Å². The molecule has 1 heterocycles. The summed E-state index contributed by atoms with van der Waals surface area (Å²) < 4.78 is 0. The molecule has 0 aromatic heterocycles. The molecule has 1 unspecified atom stereocenters. The van der Waals surface area contributed by atoms with E-state index < -0.39 is 5.54 Å². The maximum absolute atomic E-state index is 12.4. The minimum absolute atomic E-state index is 0.0834. The number of para-hydroxylation sites is 1. The SMILES string of the molecule is Cc1cccc(C)c1NC(=O)C(C)SCCN1C(=O)NC(C)(C)C1=O. The molecule has 4 amide bonds. The summed E-state index contributed by atoms with van der Waals surface area (Å²) in [7, 11) is 0. The smallest absolute Gasteiger partial charge is 0.325 e. The van der Waals surface area contributed by atoms with Crippen LogP contribution in [-0.4, -0.2) is 45.8 Å².